The third-order valence-corrected chi connectivity index (χ3v) is 0. The summed E-state index contributed by atoms with van der Waals surface area (Å²) in [4.78, 5) is 0. The quantitative estimate of drug-likeness (QED) is 0.380. The van der Waals surface area contributed by atoms with Gasteiger partial charge in [-0.25, -0.2) is 0 Å². The summed E-state index contributed by atoms with van der Waals surface area (Å²) in [5, 5.41) is 0. The first-order valence-corrected chi connectivity index (χ1v) is 2.55. The van der Waals surface area contributed by atoms with Crippen LogP contribution >= 0.6 is 0 Å². The van der Waals surface area contributed by atoms with Crippen LogP contribution in [0.3, 0.4) is 0 Å². The van der Waals surface area contributed by atoms with Crippen molar-refractivity contribution in [2.24, 2.45) is 0 Å². The van der Waals surface area contributed by atoms with Crippen molar-refractivity contribution in [1.82, 2.24) is 0 Å². The summed E-state index contributed by atoms with van der Waals surface area (Å²) in [7, 11) is 0.611. The zero-order valence-corrected chi connectivity index (χ0v) is 5.41. The van der Waals surface area contributed by atoms with E-state index in [1.165, 1.54) is 0 Å². The second-order valence-corrected chi connectivity index (χ2v) is 0.344. The molecule has 0 aliphatic carbocycles. The van der Waals surface area contributed by atoms with E-state index in [-0.39, 0.29) is 0 Å². The van der Waals surface area contributed by atoms with Crippen molar-refractivity contribution in [1.29, 1.82) is 0 Å². The van der Waals surface area contributed by atoms with Gasteiger partial charge in [0.2, 0.25) is 10.1 Å². The van der Waals surface area contributed by atoms with Gasteiger partial charge in [0, 0.05) is 0 Å². The Balaban J connectivity index is 0. The van der Waals surface area contributed by atoms with Gasteiger partial charge in [-0.1, -0.05) is 0 Å². The van der Waals surface area contributed by atoms with E-state index in [0.717, 1.165) is 0 Å². The Kier molecular flexibility index (Phi) is 48.9. The summed E-state index contributed by atoms with van der Waals surface area (Å²) in [6.07, 6.45) is 0. The van der Waals surface area contributed by atoms with Gasteiger partial charge in [0.25, 0.3) is 0 Å². The molecule has 0 unspecified atom stereocenters. The third kappa shape index (κ3) is 215. The summed E-state index contributed by atoms with van der Waals surface area (Å²) in [5.41, 5.74) is 0. The molecular weight excluding hydrogens is 124 g/mol. The molecule has 0 atom stereocenters. The van der Waals surface area contributed by atoms with Gasteiger partial charge in [-0.15, -0.1) is 0 Å². The maximum atomic E-state index is 8.50. The van der Waals surface area contributed by atoms with Crippen molar-refractivity contribution in [3.05, 3.63) is 0 Å². The summed E-state index contributed by atoms with van der Waals surface area (Å²) in [5.74, 6) is 0. The standard InChI is InChI=1S/H2OSi.2O.Ti/c1-2;;;/h2H2;;;. The molecule has 0 heterocycles. The van der Waals surface area contributed by atoms with Crippen LogP contribution in [0.1, 0.15) is 0 Å². The zero-order valence-electron chi connectivity index (χ0n) is 2.43. The SMILES string of the molecule is O=[SiH2].[O]=[Ti]=[O]. The van der Waals surface area contributed by atoms with E-state index in [9.17, 15) is 0 Å². The van der Waals surface area contributed by atoms with E-state index in [1.807, 2.05) is 0 Å². The molecule has 0 aliphatic heterocycles. The molecule has 0 fully saturated rings. The molecular formula is H2O3SiTi. The number of rotatable bonds is 0. The molecule has 0 bridgehead atoms. The fourth-order valence-corrected chi connectivity index (χ4v) is 0. The predicted molar refractivity (Wildman–Crippen MR) is 10.6 cm³/mol. The summed E-state index contributed by atoms with van der Waals surface area (Å²) in [6.45, 7) is 0. The summed E-state index contributed by atoms with van der Waals surface area (Å²) >= 11 is -2.00. The monoisotopic (exact) mass is 126 g/mol. The molecule has 0 saturated carbocycles. The first-order valence-electron chi connectivity index (χ1n) is 0.697. The Labute approximate surface area is 40.8 Å². The Bertz CT molecular complexity index is 36.2. The molecule has 0 radical (unpaired) electrons. The minimum absolute atomic E-state index is 0.611. The molecule has 0 spiro atoms. The zero-order chi connectivity index (χ0) is 4.71. The van der Waals surface area contributed by atoms with Crippen molar-refractivity contribution < 1.29 is 30.2 Å². The Morgan fingerprint density at radius 3 is 1.20 bits per heavy atom. The Morgan fingerprint density at radius 1 is 1.20 bits per heavy atom. The molecule has 0 aromatic carbocycles. The van der Waals surface area contributed by atoms with Crippen molar-refractivity contribution in [3.63, 3.8) is 0 Å². The van der Waals surface area contributed by atoms with Gasteiger partial charge >= 0.3 is 25.7 Å². The average molecular weight is 126 g/mol. The van der Waals surface area contributed by atoms with Crippen molar-refractivity contribution in [2.45, 2.75) is 0 Å². The van der Waals surface area contributed by atoms with Crippen LogP contribution in [0.2, 0.25) is 0 Å². The topological polar surface area (TPSA) is 51.2 Å². The fraction of sp³-hybridized carbons (Fsp3) is 0. The van der Waals surface area contributed by atoms with Gasteiger partial charge in [0.15, 0.2) is 0 Å². The minimum atomic E-state index is -2.00. The van der Waals surface area contributed by atoms with Crippen molar-refractivity contribution in [2.75, 3.05) is 0 Å². The number of hydrogen-bond donors (Lipinski definition) is 0. The normalized spacial score (nSPS) is 2.40. The molecule has 3 nitrogen and oxygen atoms in total. The molecule has 0 N–H and O–H groups in total. The van der Waals surface area contributed by atoms with Crippen LogP contribution in [0.15, 0.2) is 0 Å². The van der Waals surface area contributed by atoms with Crippen molar-refractivity contribution in [3.8, 4) is 0 Å². The van der Waals surface area contributed by atoms with E-state index >= 15 is 0 Å². The van der Waals surface area contributed by atoms with Crippen LogP contribution in [0.5, 0.6) is 0 Å². The summed E-state index contributed by atoms with van der Waals surface area (Å²) in [6, 6.07) is 0. The second-order valence-electron chi connectivity index (χ2n) is 0.0833. The van der Waals surface area contributed by atoms with Crippen LogP contribution in [-0.4, -0.2) is 10.1 Å². The Hall–Kier alpha value is 0.331. The van der Waals surface area contributed by atoms with Crippen LogP contribution in [0.4, 0.5) is 0 Å². The Morgan fingerprint density at radius 2 is 1.20 bits per heavy atom. The van der Waals surface area contributed by atoms with Gasteiger partial charge in [0.1, 0.15) is 0 Å². The second kappa shape index (κ2) is 27.1. The average Bonchev–Trinajstić information content (AvgIpc) is 1.46. The van der Waals surface area contributed by atoms with E-state index in [2.05, 4.69) is 0 Å². The molecule has 0 aromatic heterocycles. The molecule has 28 valence electrons. The molecule has 0 rings (SSSR count). The summed E-state index contributed by atoms with van der Waals surface area (Å²) < 4.78 is 25.3. The predicted octanol–water partition coefficient (Wildman–Crippen LogP) is -1.28. The van der Waals surface area contributed by atoms with Crippen molar-refractivity contribution >= 4 is 10.1 Å². The fourth-order valence-electron chi connectivity index (χ4n) is 0. The van der Waals surface area contributed by atoms with E-state index in [4.69, 9.17) is 11.1 Å². The maximum absolute atomic E-state index is 8.50. The van der Waals surface area contributed by atoms with E-state index in [0.29, 0.717) is 10.1 Å². The molecule has 5 heteroatoms. The molecule has 0 aromatic rings. The van der Waals surface area contributed by atoms with Crippen LogP contribution in [-0.2, 0) is 30.2 Å². The van der Waals surface area contributed by atoms with Crippen LogP contribution < -0.4 is 0 Å². The van der Waals surface area contributed by atoms with Gasteiger partial charge in [-0.3, -0.25) is 0 Å². The first-order chi connectivity index (χ1) is 2.41. The van der Waals surface area contributed by atoms with Gasteiger partial charge < -0.3 is 4.46 Å². The van der Waals surface area contributed by atoms with Gasteiger partial charge in [-0.2, -0.15) is 0 Å². The molecule has 0 aliphatic rings. The van der Waals surface area contributed by atoms with Crippen LogP contribution in [0, 0.1) is 0 Å². The van der Waals surface area contributed by atoms with E-state index in [1.54, 1.807) is 0 Å². The molecule has 0 amide bonds. The van der Waals surface area contributed by atoms with Crippen LogP contribution in [0.25, 0.3) is 0 Å². The van der Waals surface area contributed by atoms with Gasteiger partial charge in [0.05, 0.1) is 0 Å². The first kappa shape index (κ1) is 9.01. The molecule has 5 heavy (non-hydrogen) atoms. The third-order valence-electron chi connectivity index (χ3n) is 0. The molecule has 0 saturated heterocycles. The van der Waals surface area contributed by atoms with E-state index < -0.39 is 19.1 Å². The number of hydrogen-bond acceptors (Lipinski definition) is 3. The van der Waals surface area contributed by atoms with Gasteiger partial charge in [-0.05, 0) is 0 Å².